The molecule has 0 aromatic carbocycles. The van der Waals surface area contributed by atoms with E-state index in [1.54, 1.807) is 20.0 Å². The second-order valence-corrected chi connectivity index (χ2v) is 7.10. The number of aryl methyl sites for hydroxylation is 1. The van der Waals surface area contributed by atoms with Gasteiger partial charge >= 0.3 is 5.97 Å². The van der Waals surface area contributed by atoms with Crippen LogP contribution in [0.15, 0.2) is 24.0 Å². The normalized spacial score (nSPS) is 19.4. The fraction of sp³-hybridized carbons (Fsp3) is 0.588. The molecule has 1 N–H and O–H groups in total. The zero-order valence-electron chi connectivity index (χ0n) is 14.3. The largest absolute Gasteiger partial charge is 0.466 e. The van der Waals surface area contributed by atoms with Gasteiger partial charge in [0.05, 0.1) is 19.3 Å². The van der Waals surface area contributed by atoms with Crippen molar-refractivity contribution >= 4 is 22.8 Å². The van der Waals surface area contributed by atoms with Gasteiger partial charge in [0.1, 0.15) is 0 Å². The lowest BCUT2D eigenvalue weighted by Crippen LogP contribution is -2.32. The third kappa shape index (κ3) is 6.13. The summed E-state index contributed by atoms with van der Waals surface area (Å²) >= 11 is 1.41. The molecule has 132 valence electrons. The number of nitrogens with zero attached hydrogens (tertiary/aromatic N) is 2. The highest BCUT2D eigenvalue weighted by Crippen LogP contribution is 2.25. The molecule has 1 aliphatic rings. The number of allylic oxidation sites excluding steroid dienone is 1. The first-order valence-electron chi connectivity index (χ1n) is 8.32. The summed E-state index contributed by atoms with van der Waals surface area (Å²) in [6.07, 6.45) is 7.88. The molecular weight excluding hydrogens is 326 g/mol. The van der Waals surface area contributed by atoms with Crippen molar-refractivity contribution in [2.75, 3.05) is 19.7 Å². The average Bonchev–Trinajstić information content (AvgIpc) is 3.00. The van der Waals surface area contributed by atoms with Crippen molar-refractivity contribution in [2.45, 2.75) is 44.9 Å². The third-order valence-corrected chi connectivity index (χ3v) is 4.94. The van der Waals surface area contributed by atoms with Crippen molar-refractivity contribution in [3.8, 4) is 0 Å². The first-order valence-corrected chi connectivity index (χ1v) is 9.20. The standard InChI is InChI=1S/C17H25N3O3S/c1-3-23-17(22)5-4-14-10-19-20(12-14)9-7-15-11-18-8-6-16(15)24-13(2)21/h7,10,12,16,18H,3-6,8-9,11H2,1-2H3/b15-7+. The number of aromatic nitrogens is 2. The fourth-order valence-electron chi connectivity index (χ4n) is 2.63. The van der Waals surface area contributed by atoms with Gasteiger partial charge in [-0.05, 0) is 37.4 Å². The van der Waals surface area contributed by atoms with Crippen LogP contribution in [-0.4, -0.2) is 45.8 Å². The number of ether oxygens (including phenoxy) is 1. The van der Waals surface area contributed by atoms with Crippen molar-refractivity contribution in [1.82, 2.24) is 15.1 Å². The van der Waals surface area contributed by atoms with Gasteiger partial charge in [0.2, 0.25) is 0 Å². The lowest BCUT2D eigenvalue weighted by Gasteiger charge is -2.25. The minimum Gasteiger partial charge on any atom is -0.466 e. The van der Waals surface area contributed by atoms with E-state index in [1.807, 2.05) is 10.9 Å². The molecule has 0 saturated carbocycles. The van der Waals surface area contributed by atoms with Crippen LogP contribution in [0.1, 0.15) is 32.3 Å². The molecule has 1 atom stereocenters. The van der Waals surface area contributed by atoms with E-state index in [1.165, 1.54) is 17.3 Å². The van der Waals surface area contributed by atoms with E-state index in [0.717, 1.165) is 25.1 Å². The molecular formula is C17H25N3O3S. The van der Waals surface area contributed by atoms with Gasteiger partial charge < -0.3 is 10.1 Å². The van der Waals surface area contributed by atoms with Crippen LogP contribution in [0.25, 0.3) is 0 Å². The summed E-state index contributed by atoms with van der Waals surface area (Å²) in [5.41, 5.74) is 2.28. The molecule has 6 nitrogen and oxygen atoms in total. The number of esters is 1. The van der Waals surface area contributed by atoms with E-state index < -0.39 is 0 Å². The maximum Gasteiger partial charge on any atom is 0.306 e. The summed E-state index contributed by atoms with van der Waals surface area (Å²) in [6, 6.07) is 0. The molecule has 1 fully saturated rings. The van der Waals surface area contributed by atoms with Crippen molar-refractivity contribution in [3.05, 3.63) is 29.6 Å². The van der Waals surface area contributed by atoms with Gasteiger partial charge in [-0.3, -0.25) is 14.3 Å². The van der Waals surface area contributed by atoms with E-state index >= 15 is 0 Å². The maximum atomic E-state index is 11.4. The molecule has 0 spiro atoms. The molecule has 2 heterocycles. The zero-order valence-corrected chi connectivity index (χ0v) is 15.1. The summed E-state index contributed by atoms with van der Waals surface area (Å²) in [4.78, 5) is 22.8. The topological polar surface area (TPSA) is 73.2 Å². The van der Waals surface area contributed by atoms with Gasteiger partial charge in [-0.15, -0.1) is 0 Å². The Morgan fingerprint density at radius 3 is 3.12 bits per heavy atom. The maximum absolute atomic E-state index is 11.4. The number of hydrogen-bond donors (Lipinski definition) is 1. The number of thioether (sulfide) groups is 1. The molecule has 7 heteroatoms. The average molecular weight is 351 g/mol. The van der Waals surface area contributed by atoms with Crippen LogP contribution in [-0.2, 0) is 27.3 Å². The van der Waals surface area contributed by atoms with E-state index in [-0.39, 0.29) is 16.3 Å². The fourth-order valence-corrected chi connectivity index (χ4v) is 3.60. The smallest absolute Gasteiger partial charge is 0.306 e. The number of piperidine rings is 1. The van der Waals surface area contributed by atoms with Gasteiger partial charge in [0.15, 0.2) is 5.12 Å². The van der Waals surface area contributed by atoms with Gasteiger partial charge in [0.25, 0.3) is 0 Å². The second kappa shape index (κ2) is 9.64. The quantitative estimate of drug-likeness (QED) is 0.598. The Hall–Kier alpha value is -1.60. The lowest BCUT2D eigenvalue weighted by atomic mass is 10.1. The van der Waals surface area contributed by atoms with Crippen LogP contribution in [0.3, 0.4) is 0 Å². The van der Waals surface area contributed by atoms with Crippen molar-refractivity contribution in [3.63, 3.8) is 0 Å². The Kier molecular flexibility index (Phi) is 7.52. The predicted octanol–water partition coefficient (Wildman–Crippen LogP) is 1.95. The molecule has 1 aromatic rings. The molecule has 2 rings (SSSR count). The summed E-state index contributed by atoms with van der Waals surface area (Å²) in [6.45, 7) is 6.28. The first-order chi connectivity index (χ1) is 11.6. The van der Waals surface area contributed by atoms with Crippen LogP contribution in [0, 0.1) is 0 Å². The van der Waals surface area contributed by atoms with Gasteiger partial charge in [-0.2, -0.15) is 5.10 Å². The molecule has 1 aliphatic heterocycles. The van der Waals surface area contributed by atoms with Crippen LogP contribution >= 0.6 is 11.8 Å². The molecule has 0 radical (unpaired) electrons. The summed E-state index contributed by atoms with van der Waals surface area (Å²) in [5, 5.41) is 8.11. The number of carbonyl (C=O) groups excluding carboxylic acids is 2. The van der Waals surface area contributed by atoms with Crippen LogP contribution in [0.2, 0.25) is 0 Å². The highest BCUT2D eigenvalue weighted by Gasteiger charge is 2.20. The minimum absolute atomic E-state index is 0.160. The summed E-state index contributed by atoms with van der Waals surface area (Å²) in [5.74, 6) is -0.176. The Bertz CT molecular complexity index is 598. The monoisotopic (exact) mass is 351 g/mol. The highest BCUT2D eigenvalue weighted by atomic mass is 32.2. The number of nitrogens with one attached hydrogen (secondary N) is 1. The molecule has 24 heavy (non-hydrogen) atoms. The zero-order chi connectivity index (χ0) is 17.4. The molecule has 1 saturated heterocycles. The molecule has 0 aliphatic carbocycles. The molecule has 1 aromatic heterocycles. The Labute approximate surface area is 147 Å². The van der Waals surface area contributed by atoms with E-state index in [9.17, 15) is 9.59 Å². The third-order valence-electron chi connectivity index (χ3n) is 3.78. The van der Waals surface area contributed by atoms with Crippen LogP contribution < -0.4 is 5.32 Å². The summed E-state index contributed by atoms with van der Waals surface area (Å²) in [7, 11) is 0. The van der Waals surface area contributed by atoms with Gasteiger partial charge in [-0.25, -0.2) is 0 Å². The molecule has 1 unspecified atom stereocenters. The lowest BCUT2D eigenvalue weighted by molar-refractivity contribution is -0.143. The predicted molar refractivity (Wildman–Crippen MR) is 94.8 cm³/mol. The van der Waals surface area contributed by atoms with E-state index in [0.29, 0.717) is 26.0 Å². The van der Waals surface area contributed by atoms with Gasteiger partial charge in [0, 0.05) is 31.3 Å². The van der Waals surface area contributed by atoms with Crippen molar-refractivity contribution in [2.24, 2.45) is 0 Å². The highest BCUT2D eigenvalue weighted by molar-refractivity contribution is 8.14. The minimum atomic E-state index is -0.176. The Balaban J connectivity index is 1.88. The molecule has 0 bridgehead atoms. The molecule has 0 amide bonds. The van der Waals surface area contributed by atoms with Crippen molar-refractivity contribution in [1.29, 1.82) is 0 Å². The second-order valence-electron chi connectivity index (χ2n) is 5.72. The van der Waals surface area contributed by atoms with Gasteiger partial charge in [-0.1, -0.05) is 17.8 Å². The van der Waals surface area contributed by atoms with Crippen molar-refractivity contribution < 1.29 is 14.3 Å². The number of hydrogen-bond acceptors (Lipinski definition) is 6. The number of carbonyl (C=O) groups is 2. The first kappa shape index (κ1) is 18.7. The van der Waals surface area contributed by atoms with Crippen LogP contribution in [0.5, 0.6) is 0 Å². The Morgan fingerprint density at radius 2 is 2.38 bits per heavy atom. The SMILES string of the molecule is CCOC(=O)CCc1cnn(C/C=C2\CNCCC2SC(C)=O)c1. The number of rotatable bonds is 7. The Morgan fingerprint density at radius 1 is 1.54 bits per heavy atom. The van der Waals surface area contributed by atoms with E-state index in [4.69, 9.17) is 4.74 Å². The van der Waals surface area contributed by atoms with E-state index in [2.05, 4.69) is 16.5 Å². The summed E-state index contributed by atoms with van der Waals surface area (Å²) < 4.78 is 6.79. The van der Waals surface area contributed by atoms with Crippen LogP contribution in [0.4, 0.5) is 0 Å².